The Labute approximate surface area is 307 Å². The van der Waals surface area contributed by atoms with Gasteiger partial charge in [-0.3, -0.25) is 4.79 Å². The fourth-order valence-corrected chi connectivity index (χ4v) is 9.36. The van der Waals surface area contributed by atoms with Crippen molar-refractivity contribution in [1.29, 1.82) is 0 Å². The first kappa shape index (κ1) is 32.2. The zero-order valence-electron chi connectivity index (χ0n) is 28.3. The average Bonchev–Trinajstić information content (AvgIpc) is 3.49. The van der Waals surface area contributed by atoms with Crippen LogP contribution in [0.3, 0.4) is 0 Å². The van der Waals surface area contributed by atoms with Crippen LogP contribution in [0.4, 0.5) is 0 Å². The summed E-state index contributed by atoms with van der Waals surface area (Å²) in [5, 5.41) is 0.659. The summed E-state index contributed by atoms with van der Waals surface area (Å²) in [6, 6.07) is 46.4. The lowest BCUT2D eigenvalue weighted by Gasteiger charge is -2.52. The summed E-state index contributed by atoms with van der Waals surface area (Å²) < 4.78 is 18.1. The lowest BCUT2D eigenvalue weighted by Crippen LogP contribution is -2.52. The summed E-state index contributed by atoms with van der Waals surface area (Å²) in [6.07, 6.45) is 1.69. The van der Waals surface area contributed by atoms with Crippen molar-refractivity contribution >= 4 is 23.5 Å². The van der Waals surface area contributed by atoms with Crippen LogP contribution in [0.1, 0.15) is 56.8 Å². The third kappa shape index (κ3) is 4.52. The fraction of sp³-hybridized carbons (Fsp3) is 0.130. The second-order valence-electron chi connectivity index (χ2n) is 13.5. The molecule has 0 spiro atoms. The van der Waals surface area contributed by atoms with Gasteiger partial charge >= 0.3 is 11.9 Å². The summed E-state index contributed by atoms with van der Waals surface area (Å²) in [6.45, 7) is 3.51. The van der Waals surface area contributed by atoms with Crippen molar-refractivity contribution < 1.29 is 23.8 Å². The third-order valence-electron chi connectivity index (χ3n) is 11.2. The van der Waals surface area contributed by atoms with Gasteiger partial charge in [0.1, 0.15) is 17.1 Å². The van der Waals surface area contributed by atoms with Crippen molar-refractivity contribution in [3.8, 4) is 22.6 Å². The Morgan fingerprint density at radius 1 is 0.673 bits per heavy atom. The Kier molecular flexibility index (Phi) is 7.54. The molecule has 10 rings (SSSR count). The molecule has 0 aromatic heterocycles. The number of carbonyl (C=O) groups excluding carboxylic acids is 2. The quantitative estimate of drug-likeness (QED) is 0.0942. The first-order valence-electron chi connectivity index (χ1n) is 17.3. The van der Waals surface area contributed by atoms with E-state index in [1.165, 1.54) is 0 Å². The molecule has 4 aliphatic rings. The predicted octanol–water partition coefficient (Wildman–Crippen LogP) is 9.76. The van der Waals surface area contributed by atoms with Gasteiger partial charge in [0.2, 0.25) is 0 Å². The summed E-state index contributed by atoms with van der Waals surface area (Å²) in [4.78, 5) is 26.3. The van der Waals surface area contributed by atoms with Crippen LogP contribution in [0.5, 0.6) is 11.5 Å². The number of ether oxygens (including phenoxy) is 3. The van der Waals surface area contributed by atoms with Crippen LogP contribution >= 0.6 is 11.6 Å². The molecule has 3 unspecified atom stereocenters. The molecule has 6 aromatic rings. The van der Waals surface area contributed by atoms with Crippen molar-refractivity contribution in [3.05, 3.63) is 202 Å². The molecular weight excluding hydrogens is 668 g/mol. The van der Waals surface area contributed by atoms with Crippen LogP contribution in [-0.2, 0) is 25.3 Å². The number of methoxy groups -OCH3 is 1. The maximum Gasteiger partial charge on any atom is 0.335 e. The van der Waals surface area contributed by atoms with Gasteiger partial charge in [0, 0.05) is 24.1 Å². The SMILES string of the molecule is C=CC(=O)Oc1ccc(C2(c3ccc(OC(=O)C4CC5c6ccccc6C4(OC)c4ccc(Cl)cc45)cc3)c3ccccc3-c3ccccc32)cc1. The second-order valence-corrected chi connectivity index (χ2v) is 14.0. The highest BCUT2D eigenvalue weighted by Gasteiger charge is 2.58. The number of fused-ring (bicyclic) bond motifs is 4. The average molecular weight is 701 g/mol. The highest BCUT2D eigenvalue weighted by Crippen LogP contribution is 2.60. The van der Waals surface area contributed by atoms with E-state index in [0.717, 1.165) is 61.7 Å². The van der Waals surface area contributed by atoms with Gasteiger partial charge in [-0.2, -0.15) is 0 Å². The zero-order valence-corrected chi connectivity index (χ0v) is 29.1. The van der Waals surface area contributed by atoms with Gasteiger partial charge in [-0.15, -0.1) is 0 Å². The zero-order chi connectivity index (χ0) is 35.6. The number of benzene rings is 6. The maximum absolute atomic E-state index is 14.3. The minimum absolute atomic E-state index is 0.00380. The normalized spacial score (nSPS) is 19.8. The van der Waals surface area contributed by atoms with Gasteiger partial charge in [-0.25, -0.2) is 4.79 Å². The van der Waals surface area contributed by atoms with E-state index in [-0.39, 0.29) is 11.9 Å². The van der Waals surface area contributed by atoms with E-state index in [4.69, 9.17) is 25.8 Å². The van der Waals surface area contributed by atoms with Gasteiger partial charge in [0.25, 0.3) is 0 Å². The van der Waals surface area contributed by atoms with Crippen LogP contribution in [0.15, 0.2) is 152 Å². The number of hydrogen-bond acceptors (Lipinski definition) is 5. The van der Waals surface area contributed by atoms with Crippen molar-refractivity contribution in [2.45, 2.75) is 23.4 Å². The Balaban J connectivity index is 1.11. The lowest BCUT2D eigenvalue weighted by molar-refractivity contribution is -0.153. The van der Waals surface area contributed by atoms with Gasteiger partial charge in [-0.05, 0) is 98.5 Å². The maximum atomic E-state index is 14.3. The molecule has 4 aliphatic carbocycles. The Morgan fingerprint density at radius 3 is 1.81 bits per heavy atom. The molecule has 5 nitrogen and oxygen atoms in total. The minimum atomic E-state index is -1.00. The lowest BCUT2D eigenvalue weighted by atomic mass is 9.56. The molecule has 52 heavy (non-hydrogen) atoms. The highest BCUT2D eigenvalue weighted by atomic mass is 35.5. The van der Waals surface area contributed by atoms with E-state index in [9.17, 15) is 9.59 Å². The van der Waals surface area contributed by atoms with Crippen LogP contribution in [0, 0.1) is 5.92 Å². The smallest absolute Gasteiger partial charge is 0.335 e. The first-order valence-corrected chi connectivity index (χ1v) is 17.7. The molecule has 0 N–H and O–H groups in total. The number of rotatable bonds is 7. The predicted molar refractivity (Wildman–Crippen MR) is 201 cm³/mol. The molecule has 0 heterocycles. The molecule has 6 heteroatoms. The summed E-state index contributed by atoms with van der Waals surface area (Å²) >= 11 is 6.48. The molecule has 3 atom stereocenters. The molecule has 2 bridgehead atoms. The molecular formula is C46H33ClO5. The van der Waals surface area contributed by atoms with Crippen molar-refractivity contribution in [2.75, 3.05) is 7.11 Å². The molecule has 0 radical (unpaired) electrons. The van der Waals surface area contributed by atoms with Gasteiger partial charge < -0.3 is 14.2 Å². The molecule has 0 saturated heterocycles. The third-order valence-corrected chi connectivity index (χ3v) is 11.5. The fourth-order valence-electron chi connectivity index (χ4n) is 9.18. The Morgan fingerprint density at radius 2 is 1.21 bits per heavy atom. The van der Waals surface area contributed by atoms with Crippen molar-refractivity contribution in [2.24, 2.45) is 5.92 Å². The summed E-state index contributed by atoms with van der Waals surface area (Å²) in [5.74, 6) is -0.544. The standard InChI is InChI=1S/C46H33ClO5/c1-3-43(48)51-31-21-16-28(17-22-31)45(38-13-7-4-10-33(38)34-11-5-8-14-39(34)45)29-18-23-32(24-19-29)52-44(49)42-27-36-35-12-6-9-15-40(35)46(42,50-2)41-25-20-30(47)26-37(36)41/h3-26,36,42H,1,27H2,2H3. The monoisotopic (exact) mass is 700 g/mol. The molecule has 0 amide bonds. The molecule has 6 aromatic carbocycles. The molecule has 0 saturated carbocycles. The Hall–Kier alpha value is -5.75. The Bertz CT molecular complexity index is 2370. The minimum Gasteiger partial charge on any atom is -0.426 e. The largest absolute Gasteiger partial charge is 0.426 e. The van der Waals surface area contributed by atoms with E-state index in [2.05, 4.69) is 67.2 Å². The van der Waals surface area contributed by atoms with Crippen LogP contribution in [0.25, 0.3) is 11.1 Å². The molecule has 254 valence electrons. The molecule has 0 fully saturated rings. The second kappa shape index (κ2) is 12.2. The number of halogens is 1. The van der Waals surface area contributed by atoms with Gasteiger partial charge in [0.05, 0.1) is 11.3 Å². The van der Waals surface area contributed by atoms with Crippen molar-refractivity contribution in [1.82, 2.24) is 0 Å². The van der Waals surface area contributed by atoms with Gasteiger partial charge in [0.15, 0.2) is 0 Å². The van der Waals surface area contributed by atoms with Gasteiger partial charge in [-0.1, -0.05) is 121 Å². The van der Waals surface area contributed by atoms with Crippen LogP contribution in [0.2, 0.25) is 5.02 Å². The number of esters is 2. The van der Waals surface area contributed by atoms with Crippen molar-refractivity contribution in [3.63, 3.8) is 0 Å². The van der Waals surface area contributed by atoms with E-state index in [0.29, 0.717) is 22.9 Å². The summed E-state index contributed by atoms with van der Waals surface area (Å²) in [7, 11) is 1.67. The summed E-state index contributed by atoms with van der Waals surface area (Å²) in [5.41, 5.74) is 9.08. The highest BCUT2D eigenvalue weighted by molar-refractivity contribution is 6.30. The number of hydrogen-bond donors (Lipinski definition) is 0. The topological polar surface area (TPSA) is 61.8 Å². The van der Waals surface area contributed by atoms with E-state index < -0.39 is 22.9 Å². The number of carbonyl (C=O) groups is 2. The van der Waals surface area contributed by atoms with E-state index in [1.54, 1.807) is 7.11 Å². The van der Waals surface area contributed by atoms with Crippen LogP contribution < -0.4 is 9.47 Å². The first-order chi connectivity index (χ1) is 25.4. The molecule has 0 aliphatic heterocycles. The van der Waals surface area contributed by atoms with Crippen LogP contribution in [-0.4, -0.2) is 19.0 Å². The van der Waals surface area contributed by atoms with E-state index >= 15 is 0 Å². The van der Waals surface area contributed by atoms with E-state index in [1.807, 2.05) is 78.9 Å².